The Morgan fingerprint density at radius 1 is 1.56 bits per heavy atom. The van der Waals surface area contributed by atoms with Crippen LogP contribution in [0.3, 0.4) is 0 Å². The number of rotatable bonds is 4. The lowest BCUT2D eigenvalue weighted by Crippen LogP contribution is -2.49. The molecule has 1 heterocycles. The quantitative estimate of drug-likeness (QED) is 0.871. The Hall–Kier alpha value is -0.580. The van der Waals surface area contributed by atoms with Crippen molar-refractivity contribution in [2.45, 2.75) is 37.8 Å². The zero-order valence-corrected chi connectivity index (χ0v) is 10.5. The summed E-state index contributed by atoms with van der Waals surface area (Å²) in [6.45, 7) is 0.548. The Labute approximate surface area is 104 Å². The standard InChI is InChI=1S/C11H15ClN2OS/c12-9-3-2-8(16-9)7-14-10(15)6-11(13)4-1-5-11/h2-3H,1,4-7,13H2,(H,14,15). The van der Waals surface area contributed by atoms with Crippen molar-refractivity contribution in [1.82, 2.24) is 5.32 Å². The lowest BCUT2D eigenvalue weighted by atomic mass is 9.75. The van der Waals surface area contributed by atoms with Gasteiger partial charge in [0.2, 0.25) is 5.91 Å². The van der Waals surface area contributed by atoms with Gasteiger partial charge in [0.05, 0.1) is 10.9 Å². The van der Waals surface area contributed by atoms with Crippen LogP contribution in [0.5, 0.6) is 0 Å². The van der Waals surface area contributed by atoms with E-state index in [1.807, 2.05) is 12.1 Å². The Morgan fingerprint density at radius 3 is 2.81 bits per heavy atom. The third-order valence-corrected chi connectivity index (χ3v) is 4.18. The highest BCUT2D eigenvalue weighted by Gasteiger charge is 2.34. The van der Waals surface area contributed by atoms with Gasteiger partial charge in [-0.2, -0.15) is 0 Å². The van der Waals surface area contributed by atoms with E-state index in [9.17, 15) is 4.79 Å². The summed E-state index contributed by atoms with van der Waals surface area (Å²) < 4.78 is 0.749. The van der Waals surface area contributed by atoms with Crippen LogP contribution < -0.4 is 11.1 Å². The average molecular weight is 259 g/mol. The maximum absolute atomic E-state index is 11.6. The smallest absolute Gasteiger partial charge is 0.222 e. The molecule has 1 saturated carbocycles. The molecule has 1 aliphatic carbocycles. The first-order valence-electron chi connectivity index (χ1n) is 5.37. The van der Waals surface area contributed by atoms with Crippen molar-refractivity contribution in [3.63, 3.8) is 0 Å². The number of carbonyl (C=O) groups excluding carboxylic acids is 1. The zero-order chi connectivity index (χ0) is 11.6. The molecule has 88 valence electrons. The first kappa shape index (κ1) is 11.9. The van der Waals surface area contributed by atoms with E-state index < -0.39 is 0 Å². The number of halogens is 1. The lowest BCUT2D eigenvalue weighted by molar-refractivity contribution is -0.123. The highest BCUT2D eigenvalue weighted by atomic mass is 35.5. The molecule has 3 N–H and O–H groups in total. The van der Waals surface area contributed by atoms with Crippen LogP contribution in [0.2, 0.25) is 4.34 Å². The van der Waals surface area contributed by atoms with Gasteiger partial charge in [0.15, 0.2) is 0 Å². The molecule has 1 aromatic heterocycles. The van der Waals surface area contributed by atoms with Crippen LogP contribution in [-0.2, 0) is 11.3 Å². The van der Waals surface area contributed by atoms with Crippen LogP contribution in [0, 0.1) is 0 Å². The van der Waals surface area contributed by atoms with Crippen LogP contribution in [0.4, 0.5) is 0 Å². The minimum Gasteiger partial charge on any atom is -0.351 e. The van der Waals surface area contributed by atoms with Crippen molar-refractivity contribution in [1.29, 1.82) is 0 Å². The molecule has 5 heteroatoms. The van der Waals surface area contributed by atoms with E-state index in [1.165, 1.54) is 11.3 Å². The van der Waals surface area contributed by atoms with Crippen LogP contribution >= 0.6 is 22.9 Å². The molecule has 16 heavy (non-hydrogen) atoms. The summed E-state index contributed by atoms with van der Waals surface area (Å²) in [5.74, 6) is 0.0340. The molecule has 0 aliphatic heterocycles. The summed E-state index contributed by atoms with van der Waals surface area (Å²) >= 11 is 7.29. The summed E-state index contributed by atoms with van der Waals surface area (Å²) in [5, 5.41) is 2.87. The van der Waals surface area contributed by atoms with Crippen LogP contribution in [-0.4, -0.2) is 11.4 Å². The number of nitrogens with two attached hydrogens (primary N) is 1. The highest BCUT2D eigenvalue weighted by molar-refractivity contribution is 7.16. The molecule has 3 nitrogen and oxygen atoms in total. The molecule has 2 rings (SSSR count). The molecule has 1 aliphatic rings. The fourth-order valence-corrected chi connectivity index (χ4v) is 2.85. The Morgan fingerprint density at radius 2 is 2.31 bits per heavy atom. The van der Waals surface area contributed by atoms with E-state index in [-0.39, 0.29) is 11.4 Å². The van der Waals surface area contributed by atoms with Gasteiger partial charge in [-0.1, -0.05) is 11.6 Å². The lowest BCUT2D eigenvalue weighted by Gasteiger charge is -2.37. The minimum atomic E-state index is -0.239. The van der Waals surface area contributed by atoms with Crippen molar-refractivity contribution >= 4 is 28.8 Å². The minimum absolute atomic E-state index is 0.0340. The van der Waals surface area contributed by atoms with E-state index in [0.717, 1.165) is 28.5 Å². The predicted molar refractivity (Wildman–Crippen MR) is 66.6 cm³/mol. The zero-order valence-electron chi connectivity index (χ0n) is 8.96. The predicted octanol–water partition coefficient (Wildman–Crippen LogP) is 2.29. The maximum atomic E-state index is 11.6. The molecular formula is C11H15ClN2OS. The molecule has 1 aromatic rings. The third-order valence-electron chi connectivity index (χ3n) is 2.95. The molecule has 1 amide bonds. The third kappa shape index (κ3) is 2.97. The monoisotopic (exact) mass is 258 g/mol. The number of nitrogens with one attached hydrogen (secondary N) is 1. The number of carbonyl (C=O) groups is 1. The van der Waals surface area contributed by atoms with Gasteiger partial charge in [0.1, 0.15) is 0 Å². The first-order valence-corrected chi connectivity index (χ1v) is 6.57. The molecule has 1 fully saturated rings. The number of hydrogen-bond acceptors (Lipinski definition) is 3. The second-order valence-electron chi connectivity index (χ2n) is 4.38. The van der Waals surface area contributed by atoms with Crippen molar-refractivity contribution in [2.24, 2.45) is 5.73 Å². The normalized spacial score (nSPS) is 17.9. The van der Waals surface area contributed by atoms with Gasteiger partial charge in [0, 0.05) is 16.8 Å². The first-order chi connectivity index (χ1) is 7.57. The molecule has 0 aromatic carbocycles. The Kier molecular flexibility index (Phi) is 3.52. The van der Waals surface area contributed by atoms with Crippen molar-refractivity contribution < 1.29 is 4.79 Å². The molecule has 0 atom stereocenters. The molecule has 0 spiro atoms. The fraction of sp³-hybridized carbons (Fsp3) is 0.545. The number of hydrogen-bond donors (Lipinski definition) is 2. The van der Waals surface area contributed by atoms with Crippen LogP contribution in [0.15, 0.2) is 12.1 Å². The second kappa shape index (κ2) is 4.73. The van der Waals surface area contributed by atoms with Crippen molar-refractivity contribution in [2.75, 3.05) is 0 Å². The van der Waals surface area contributed by atoms with E-state index in [4.69, 9.17) is 17.3 Å². The van der Waals surface area contributed by atoms with Gasteiger partial charge in [-0.25, -0.2) is 0 Å². The van der Waals surface area contributed by atoms with Gasteiger partial charge >= 0.3 is 0 Å². The molecule has 0 bridgehead atoms. The Bertz CT molecular complexity index is 387. The van der Waals surface area contributed by atoms with Gasteiger partial charge in [0.25, 0.3) is 0 Å². The SMILES string of the molecule is NC1(CC(=O)NCc2ccc(Cl)s2)CCC1. The van der Waals surface area contributed by atoms with Gasteiger partial charge in [-0.3, -0.25) is 4.79 Å². The highest BCUT2D eigenvalue weighted by Crippen LogP contribution is 2.32. The molecule has 0 unspecified atom stereocenters. The number of amides is 1. The molecule has 0 saturated heterocycles. The van der Waals surface area contributed by atoms with Gasteiger partial charge < -0.3 is 11.1 Å². The molecular weight excluding hydrogens is 244 g/mol. The van der Waals surface area contributed by atoms with Crippen LogP contribution in [0.25, 0.3) is 0 Å². The van der Waals surface area contributed by atoms with Gasteiger partial charge in [-0.15, -0.1) is 11.3 Å². The van der Waals surface area contributed by atoms with Crippen molar-refractivity contribution in [3.05, 3.63) is 21.3 Å². The van der Waals surface area contributed by atoms with E-state index in [1.54, 1.807) is 0 Å². The van der Waals surface area contributed by atoms with Gasteiger partial charge in [-0.05, 0) is 31.4 Å². The number of thiophene rings is 1. The fourth-order valence-electron chi connectivity index (χ4n) is 1.82. The van der Waals surface area contributed by atoms with Crippen molar-refractivity contribution in [3.8, 4) is 0 Å². The Balaban J connectivity index is 1.75. The average Bonchev–Trinajstić information content (AvgIpc) is 2.59. The molecule has 0 radical (unpaired) electrons. The second-order valence-corrected chi connectivity index (χ2v) is 6.17. The summed E-state index contributed by atoms with van der Waals surface area (Å²) in [6, 6.07) is 3.76. The largest absolute Gasteiger partial charge is 0.351 e. The van der Waals surface area contributed by atoms with E-state index in [2.05, 4.69) is 5.32 Å². The van der Waals surface area contributed by atoms with E-state index >= 15 is 0 Å². The van der Waals surface area contributed by atoms with E-state index in [0.29, 0.717) is 13.0 Å². The topological polar surface area (TPSA) is 55.1 Å². The summed E-state index contributed by atoms with van der Waals surface area (Å²) in [6.07, 6.45) is 3.51. The summed E-state index contributed by atoms with van der Waals surface area (Å²) in [5.41, 5.74) is 5.76. The summed E-state index contributed by atoms with van der Waals surface area (Å²) in [7, 11) is 0. The summed E-state index contributed by atoms with van der Waals surface area (Å²) in [4.78, 5) is 12.7. The van der Waals surface area contributed by atoms with Crippen LogP contribution in [0.1, 0.15) is 30.6 Å². The maximum Gasteiger partial charge on any atom is 0.222 e.